The van der Waals surface area contributed by atoms with Crippen molar-refractivity contribution in [2.45, 2.75) is 33.6 Å². The Balaban J connectivity index is 2.45. The summed E-state index contributed by atoms with van der Waals surface area (Å²) < 4.78 is 0.904. The Morgan fingerprint density at radius 2 is 2.07 bits per heavy atom. The Labute approximate surface area is 93.9 Å². The number of H-pyrrole nitrogens is 1. The van der Waals surface area contributed by atoms with Gasteiger partial charge in [0.2, 0.25) is 0 Å². The summed E-state index contributed by atoms with van der Waals surface area (Å²) >= 11 is 6.86. The van der Waals surface area contributed by atoms with Crippen LogP contribution in [0.25, 0.3) is 6.08 Å². The van der Waals surface area contributed by atoms with E-state index >= 15 is 0 Å². The van der Waals surface area contributed by atoms with Crippen LogP contribution >= 0.6 is 23.6 Å². The largest absolute Gasteiger partial charge is 0.337 e. The molecule has 0 radical (unpaired) electrons. The average Bonchev–Trinajstić information content (AvgIpc) is 2.41. The number of nitrogens with one attached hydrogen (secondary N) is 1. The lowest BCUT2D eigenvalue weighted by Crippen LogP contribution is -2.12. The van der Waals surface area contributed by atoms with Gasteiger partial charge in [0.15, 0.2) is 3.95 Å². The monoisotopic (exact) mass is 225 g/mol. The molecule has 2 rings (SSSR count). The number of fused-ring (bicyclic) bond motifs is 1. The molecule has 0 aromatic carbocycles. The van der Waals surface area contributed by atoms with E-state index in [1.54, 1.807) is 11.3 Å². The second-order valence-corrected chi connectivity index (χ2v) is 6.54. The maximum absolute atomic E-state index is 5.15. The van der Waals surface area contributed by atoms with Gasteiger partial charge in [-0.05, 0) is 36.6 Å². The van der Waals surface area contributed by atoms with Crippen molar-refractivity contribution in [2.24, 2.45) is 5.41 Å². The molecule has 0 spiro atoms. The van der Waals surface area contributed by atoms with E-state index in [4.69, 9.17) is 12.2 Å². The van der Waals surface area contributed by atoms with E-state index in [2.05, 4.69) is 31.8 Å². The molecule has 1 N–H and O–H groups in total. The van der Waals surface area contributed by atoms with Crippen molar-refractivity contribution in [1.82, 2.24) is 4.98 Å². The van der Waals surface area contributed by atoms with Gasteiger partial charge in [0.1, 0.15) is 0 Å². The van der Waals surface area contributed by atoms with Gasteiger partial charge >= 0.3 is 0 Å². The lowest BCUT2D eigenvalue weighted by atomic mass is 9.81. The summed E-state index contributed by atoms with van der Waals surface area (Å²) in [5.41, 5.74) is 3.06. The molecule has 0 amide bonds. The first-order chi connectivity index (χ1) is 6.47. The normalized spacial score (nSPS) is 16.4. The average molecular weight is 225 g/mol. The van der Waals surface area contributed by atoms with Crippen LogP contribution in [-0.4, -0.2) is 4.98 Å². The number of allylic oxidation sites excluding steroid dienone is 1. The van der Waals surface area contributed by atoms with E-state index in [0.29, 0.717) is 0 Å². The first kappa shape index (κ1) is 10.1. The van der Waals surface area contributed by atoms with Crippen molar-refractivity contribution in [3.8, 4) is 0 Å². The van der Waals surface area contributed by atoms with Crippen molar-refractivity contribution < 1.29 is 0 Å². The number of aromatic amines is 1. The third-order valence-corrected chi connectivity index (χ3v) is 3.97. The number of aryl methyl sites for hydroxylation is 1. The van der Waals surface area contributed by atoms with Crippen molar-refractivity contribution in [2.75, 3.05) is 0 Å². The Morgan fingerprint density at radius 3 is 2.71 bits per heavy atom. The van der Waals surface area contributed by atoms with Crippen molar-refractivity contribution in [1.29, 1.82) is 0 Å². The SMILES string of the molecule is CC(C)(C)C1=Cc2[nH]c(=S)sc2CC1. The Kier molecular flexibility index (Phi) is 2.40. The van der Waals surface area contributed by atoms with Crippen LogP contribution in [0.15, 0.2) is 5.57 Å². The van der Waals surface area contributed by atoms with Gasteiger partial charge in [0.25, 0.3) is 0 Å². The number of hydrogen-bond donors (Lipinski definition) is 1. The number of rotatable bonds is 0. The molecule has 0 bridgehead atoms. The summed E-state index contributed by atoms with van der Waals surface area (Å²) in [7, 11) is 0. The molecule has 1 aliphatic rings. The van der Waals surface area contributed by atoms with Gasteiger partial charge < -0.3 is 4.98 Å². The van der Waals surface area contributed by atoms with Gasteiger partial charge in [-0.15, -0.1) is 11.3 Å². The third-order valence-electron chi connectivity index (χ3n) is 2.66. The smallest absolute Gasteiger partial charge is 0.159 e. The molecule has 3 heteroatoms. The predicted octanol–water partition coefficient (Wildman–Crippen LogP) is 4.18. The maximum Gasteiger partial charge on any atom is 0.159 e. The molecule has 0 aliphatic heterocycles. The van der Waals surface area contributed by atoms with E-state index in [-0.39, 0.29) is 5.41 Å². The highest BCUT2D eigenvalue weighted by atomic mass is 32.1. The predicted molar refractivity (Wildman–Crippen MR) is 65.3 cm³/mol. The zero-order chi connectivity index (χ0) is 10.3. The Bertz CT molecular complexity index is 429. The van der Waals surface area contributed by atoms with Gasteiger partial charge in [0.05, 0.1) is 5.69 Å². The van der Waals surface area contributed by atoms with E-state index in [1.807, 2.05) is 0 Å². The fourth-order valence-electron chi connectivity index (χ4n) is 1.76. The van der Waals surface area contributed by atoms with Gasteiger partial charge in [-0.3, -0.25) is 0 Å². The molecule has 1 aromatic rings. The first-order valence-corrected chi connectivity index (χ1v) is 6.12. The van der Waals surface area contributed by atoms with Crippen LogP contribution in [-0.2, 0) is 6.42 Å². The molecule has 0 atom stereocenters. The van der Waals surface area contributed by atoms with Crippen LogP contribution in [0.3, 0.4) is 0 Å². The number of thiazole rings is 1. The van der Waals surface area contributed by atoms with Crippen molar-refractivity contribution in [3.63, 3.8) is 0 Å². The molecule has 1 aliphatic carbocycles. The Morgan fingerprint density at radius 1 is 1.36 bits per heavy atom. The summed E-state index contributed by atoms with van der Waals surface area (Å²) in [5, 5.41) is 0. The molecule has 1 heterocycles. The molecular formula is C11H15NS2. The summed E-state index contributed by atoms with van der Waals surface area (Å²) in [4.78, 5) is 4.67. The highest BCUT2D eigenvalue weighted by Crippen LogP contribution is 2.36. The second kappa shape index (κ2) is 3.31. The summed E-state index contributed by atoms with van der Waals surface area (Å²) in [5.74, 6) is 0. The maximum atomic E-state index is 5.15. The number of hydrogen-bond acceptors (Lipinski definition) is 2. The van der Waals surface area contributed by atoms with E-state index in [9.17, 15) is 0 Å². The molecule has 0 saturated heterocycles. The summed E-state index contributed by atoms with van der Waals surface area (Å²) in [6.45, 7) is 6.81. The van der Waals surface area contributed by atoms with E-state index in [1.165, 1.54) is 22.6 Å². The fraction of sp³-hybridized carbons (Fsp3) is 0.545. The molecule has 1 aromatic heterocycles. The van der Waals surface area contributed by atoms with Crippen LogP contribution < -0.4 is 0 Å². The quantitative estimate of drug-likeness (QED) is 0.655. The molecule has 0 unspecified atom stereocenters. The molecule has 0 fully saturated rings. The molecule has 14 heavy (non-hydrogen) atoms. The number of aromatic nitrogens is 1. The summed E-state index contributed by atoms with van der Waals surface area (Å²) in [6.07, 6.45) is 4.61. The lowest BCUT2D eigenvalue weighted by Gasteiger charge is -2.25. The highest BCUT2D eigenvalue weighted by molar-refractivity contribution is 7.73. The lowest BCUT2D eigenvalue weighted by molar-refractivity contribution is 0.484. The van der Waals surface area contributed by atoms with Gasteiger partial charge in [-0.2, -0.15) is 0 Å². The standard InChI is InChI=1S/C11H15NS2/c1-11(2,3)7-4-5-9-8(6-7)12-10(13)14-9/h6H,4-5H2,1-3H3,(H,12,13). The van der Waals surface area contributed by atoms with Crippen LogP contribution in [0.4, 0.5) is 0 Å². The van der Waals surface area contributed by atoms with Crippen LogP contribution in [0.2, 0.25) is 0 Å². The van der Waals surface area contributed by atoms with Crippen LogP contribution in [0, 0.1) is 9.37 Å². The Hall–Kier alpha value is -0.410. The van der Waals surface area contributed by atoms with E-state index < -0.39 is 0 Å². The van der Waals surface area contributed by atoms with Gasteiger partial charge in [0, 0.05) is 4.88 Å². The second-order valence-electron chi connectivity index (χ2n) is 4.77. The van der Waals surface area contributed by atoms with Crippen molar-refractivity contribution in [3.05, 3.63) is 20.1 Å². The summed E-state index contributed by atoms with van der Waals surface area (Å²) in [6, 6.07) is 0. The topological polar surface area (TPSA) is 15.8 Å². The zero-order valence-corrected chi connectivity index (χ0v) is 10.4. The third kappa shape index (κ3) is 1.84. The van der Waals surface area contributed by atoms with Crippen molar-refractivity contribution >= 4 is 29.6 Å². The molecule has 76 valence electrons. The molecular weight excluding hydrogens is 210 g/mol. The van der Waals surface area contributed by atoms with Gasteiger partial charge in [-0.1, -0.05) is 26.3 Å². The van der Waals surface area contributed by atoms with Crippen LogP contribution in [0.5, 0.6) is 0 Å². The van der Waals surface area contributed by atoms with Gasteiger partial charge in [-0.25, -0.2) is 0 Å². The minimum absolute atomic E-state index is 0.287. The first-order valence-electron chi connectivity index (χ1n) is 4.90. The van der Waals surface area contributed by atoms with E-state index in [0.717, 1.165) is 10.4 Å². The molecule has 0 saturated carbocycles. The minimum Gasteiger partial charge on any atom is -0.337 e. The fourth-order valence-corrected chi connectivity index (χ4v) is 2.98. The zero-order valence-electron chi connectivity index (χ0n) is 8.81. The highest BCUT2D eigenvalue weighted by Gasteiger charge is 2.21. The van der Waals surface area contributed by atoms with Crippen LogP contribution in [0.1, 0.15) is 37.8 Å². The molecule has 1 nitrogen and oxygen atoms in total. The minimum atomic E-state index is 0.287.